The smallest absolute Gasteiger partial charge is 0.162 e. The summed E-state index contributed by atoms with van der Waals surface area (Å²) in [6.07, 6.45) is 3.45. The van der Waals surface area contributed by atoms with Gasteiger partial charge < -0.3 is 5.11 Å². The molecule has 5 aromatic rings. The van der Waals surface area contributed by atoms with Crippen molar-refractivity contribution in [2.24, 2.45) is 35.5 Å². The maximum Gasteiger partial charge on any atom is 0.162 e. The van der Waals surface area contributed by atoms with Gasteiger partial charge in [0.1, 0.15) is 0 Å². The van der Waals surface area contributed by atoms with Crippen LogP contribution in [0.25, 0.3) is 42.2 Å². The van der Waals surface area contributed by atoms with E-state index in [1.165, 1.54) is 53.7 Å². The van der Waals surface area contributed by atoms with Gasteiger partial charge in [-0.3, -0.25) is 9.78 Å². The van der Waals surface area contributed by atoms with E-state index >= 15 is 0 Å². The molecule has 0 saturated carbocycles. The summed E-state index contributed by atoms with van der Waals surface area (Å²) in [4.78, 5) is 17.3. The Morgan fingerprint density at radius 1 is 0.769 bits per heavy atom. The second-order valence-corrected chi connectivity index (χ2v) is 23.4. The van der Waals surface area contributed by atoms with Gasteiger partial charge in [-0.05, 0) is 65.5 Å². The standard InChI is InChI=1S/C29H30NSSi.C17H32O2.Ir/c1-17(2)24-16-21(15-20-13-18(3)19(4)14-25(20)24)27-29-23(11-12-30-27)22-9-8-10-26(28(22)31-29)32(5,6)7;1-10(2)16(11(3)4)14(18)9-15(19)17(12(5)6)13(7)8;/h8-14,16-17H,1-7H3;9-13,16-18H,1-8H3;/q-1;;/b;14-9-;. The van der Waals surface area contributed by atoms with Gasteiger partial charge in [-0.15, -0.1) is 40.5 Å². The van der Waals surface area contributed by atoms with Gasteiger partial charge in [-0.2, -0.15) is 0 Å². The Morgan fingerprint density at radius 3 is 1.87 bits per heavy atom. The predicted molar refractivity (Wildman–Crippen MR) is 227 cm³/mol. The Labute approximate surface area is 333 Å². The normalized spacial score (nSPS) is 12.7. The molecule has 0 aliphatic heterocycles. The zero-order chi connectivity index (χ0) is 38.1. The van der Waals surface area contributed by atoms with E-state index in [9.17, 15) is 9.90 Å². The zero-order valence-electron chi connectivity index (χ0n) is 34.3. The molecule has 2 aromatic heterocycles. The molecule has 3 aromatic carbocycles. The molecule has 0 atom stereocenters. The molecular formula is C46H62IrNO2SSi-. The molecule has 0 amide bonds. The van der Waals surface area contributed by atoms with Gasteiger partial charge in [-0.25, -0.2) is 0 Å². The summed E-state index contributed by atoms with van der Waals surface area (Å²) < 4.78 is 2.72. The van der Waals surface area contributed by atoms with Crippen LogP contribution in [0.5, 0.6) is 0 Å². The number of rotatable bonds is 10. The van der Waals surface area contributed by atoms with Gasteiger partial charge in [0.15, 0.2) is 5.78 Å². The van der Waals surface area contributed by atoms with Crippen LogP contribution in [0.1, 0.15) is 91.8 Å². The molecule has 6 heteroatoms. The van der Waals surface area contributed by atoms with E-state index in [0.717, 1.165) is 11.3 Å². The third-order valence-electron chi connectivity index (χ3n) is 10.4. The number of pyridine rings is 1. The summed E-state index contributed by atoms with van der Waals surface area (Å²) in [5, 5.41) is 17.0. The second-order valence-electron chi connectivity index (χ2n) is 17.3. The van der Waals surface area contributed by atoms with Crippen molar-refractivity contribution in [3.63, 3.8) is 0 Å². The van der Waals surface area contributed by atoms with E-state index in [1.54, 1.807) is 5.19 Å². The fourth-order valence-electron chi connectivity index (χ4n) is 7.90. The van der Waals surface area contributed by atoms with Gasteiger partial charge in [0.25, 0.3) is 0 Å². The Kier molecular flexibility index (Phi) is 14.9. The van der Waals surface area contributed by atoms with Crippen LogP contribution in [-0.4, -0.2) is 23.9 Å². The number of aliphatic hydroxyl groups is 1. The minimum atomic E-state index is -1.45. The molecule has 52 heavy (non-hydrogen) atoms. The first kappa shape index (κ1) is 43.8. The molecule has 5 rings (SSSR count). The van der Waals surface area contributed by atoms with Crippen LogP contribution >= 0.6 is 11.3 Å². The number of allylic oxidation sites excluding steroid dienone is 2. The van der Waals surface area contributed by atoms with Crippen molar-refractivity contribution in [3.8, 4) is 11.3 Å². The summed E-state index contributed by atoms with van der Waals surface area (Å²) in [7, 11) is -1.45. The molecule has 0 unspecified atom stereocenters. The molecule has 2 heterocycles. The Morgan fingerprint density at radius 2 is 1.33 bits per heavy atom. The number of hydrogen-bond donors (Lipinski definition) is 1. The molecule has 283 valence electrons. The summed E-state index contributed by atoms with van der Waals surface area (Å²) in [6.45, 7) is 32.8. The first-order chi connectivity index (χ1) is 23.7. The van der Waals surface area contributed by atoms with Crippen LogP contribution in [-0.2, 0) is 24.9 Å². The Balaban J connectivity index is 0.000000317. The van der Waals surface area contributed by atoms with E-state index in [1.807, 2.05) is 17.5 Å². The van der Waals surface area contributed by atoms with Crippen LogP contribution < -0.4 is 5.19 Å². The summed E-state index contributed by atoms with van der Waals surface area (Å²) >= 11 is 1.91. The van der Waals surface area contributed by atoms with Crippen LogP contribution in [0.3, 0.4) is 0 Å². The molecule has 0 spiro atoms. The fourth-order valence-corrected chi connectivity index (χ4v) is 11.6. The fraction of sp³-hybridized carbons (Fsp3) is 0.478. The molecule has 0 saturated heterocycles. The number of carbonyl (C=O) groups is 1. The third kappa shape index (κ3) is 9.53. The molecule has 0 aliphatic rings. The average molecular weight is 913 g/mol. The topological polar surface area (TPSA) is 50.2 Å². The number of fused-ring (bicyclic) bond motifs is 4. The van der Waals surface area contributed by atoms with Crippen molar-refractivity contribution < 1.29 is 30.0 Å². The SMILES string of the molecule is CC(C)C(C(=O)/C=C(\O)C(C(C)C)C(C)C)C(C)C.Cc1cc2[c-]c(-c3nccc4c3sc3c([Si](C)(C)C)cccc34)cc(C(C)C)c2cc1C.[Ir]. The van der Waals surface area contributed by atoms with Gasteiger partial charge in [0.2, 0.25) is 0 Å². The number of carbonyl (C=O) groups excluding carboxylic acids is 1. The molecule has 0 fully saturated rings. The van der Waals surface area contributed by atoms with Crippen molar-refractivity contribution >= 4 is 61.3 Å². The van der Waals surface area contributed by atoms with Crippen molar-refractivity contribution in [3.05, 3.63) is 83.3 Å². The minimum Gasteiger partial charge on any atom is -0.512 e. The maximum atomic E-state index is 12.3. The van der Waals surface area contributed by atoms with Crippen molar-refractivity contribution in [1.29, 1.82) is 0 Å². The first-order valence-corrected chi connectivity index (χ1v) is 23.3. The van der Waals surface area contributed by atoms with Crippen molar-refractivity contribution in [2.75, 3.05) is 0 Å². The van der Waals surface area contributed by atoms with E-state index in [0.29, 0.717) is 29.6 Å². The van der Waals surface area contributed by atoms with Gasteiger partial charge in [-0.1, -0.05) is 135 Å². The van der Waals surface area contributed by atoms with Crippen molar-refractivity contribution in [1.82, 2.24) is 4.98 Å². The second kappa shape index (κ2) is 17.7. The quantitative estimate of drug-likeness (QED) is 0.0657. The zero-order valence-corrected chi connectivity index (χ0v) is 38.5. The van der Waals surface area contributed by atoms with E-state index in [2.05, 4.69) is 151 Å². The van der Waals surface area contributed by atoms with Gasteiger partial charge in [0, 0.05) is 59.3 Å². The predicted octanol–water partition coefficient (Wildman–Crippen LogP) is 13.2. The van der Waals surface area contributed by atoms with Gasteiger partial charge in [0.05, 0.1) is 13.8 Å². The summed E-state index contributed by atoms with van der Waals surface area (Å²) in [5.41, 5.74) is 6.19. The van der Waals surface area contributed by atoms with Crippen LogP contribution in [0, 0.1) is 55.4 Å². The molecule has 1 N–H and O–H groups in total. The Bertz CT molecular complexity index is 2030. The Hall–Kier alpha value is -2.63. The first-order valence-electron chi connectivity index (χ1n) is 19.0. The van der Waals surface area contributed by atoms with E-state index < -0.39 is 8.07 Å². The van der Waals surface area contributed by atoms with E-state index in [-0.39, 0.29) is 43.5 Å². The maximum absolute atomic E-state index is 12.3. The van der Waals surface area contributed by atoms with Crippen LogP contribution in [0.4, 0.5) is 0 Å². The minimum absolute atomic E-state index is 0. The molecule has 0 bridgehead atoms. The van der Waals surface area contributed by atoms with E-state index in [4.69, 9.17) is 4.98 Å². The molecule has 1 radical (unpaired) electrons. The number of ketones is 1. The monoisotopic (exact) mass is 913 g/mol. The number of thiophene rings is 1. The van der Waals surface area contributed by atoms with Crippen molar-refractivity contribution in [2.45, 2.75) is 109 Å². The largest absolute Gasteiger partial charge is 0.512 e. The number of benzene rings is 3. The number of hydrogen-bond acceptors (Lipinski definition) is 4. The number of aliphatic hydroxyl groups excluding tert-OH is 1. The number of aromatic nitrogens is 1. The molecule has 3 nitrogen and oxygen atoms in total. The summed E-state index contributed by atoms with van der Waals surface area (Å²) in [6, 6.07) is 19.7. The number of nitrogens with zero attached hydrogens (tertiary/aromatic N) is 1. The summed E-state index contributed by atoms with van der Waals surface area (Å²) in [5.74, 6) is 2.07. The number of aryl methyl sites for hydroxylation is 2. The molecular weight excluding hydrogens is 851 g/mol. The van der Waals surface area contributed by atoms with Crippen LogP contribution in [0.2, 0.25) is 19.6 Å². The average Bonchev–Trinajstić information content (AvgIpc) is 3.39. The third-order valence-corrected chi connectivity index (χ3v) is 13.9. The van der Waals surface area contributed by atoms with Crippen LogP contribution in [0.15, 0.2) is 60.5 Å². The molecule has 0 aliphatic carbocycles. The van der Waals surface area contributed by atoms with Gasteiger partial charge >= 0.3 is 0 Å².